The first-order valence-corrected chi connectivity index (χ1v) is 6.18. The first-order chi connectivity index (χ1) is 9.79. The Morgan fingerprint density at radius 3 is 2.57 bits per heavy atom. The molecule has 8 heteroatoms. The summed E-state index contributed by atoms with van der Waals surface area (Å²) in [5.41, 5.74) is -3.32. The number of nitrogens with zero attached hydrogens (tertiary/aromatic N) is 2. The van der Waals surface area contributed by atoms with E-state index >= 15 is 0 Å². The summed E-state index contributed by atoms with van der Waals surface area (Å²) in [6.07, 6.45) is -6.72. The number of alkyl halides is 3. The van der Waals surface area contributed by atoms with Gasteiger partial charge in [0.2, 0.25) is 0 Å². The molecular formula is C13H13F3N2O3. The van der Waals surface area contributed by atoms with Gasteiger partial charge >= 0.3 is 12.3 Å². The summed E-state index contributed by atoms with van der Waals surface area (Å²) >= 11 is 0. The Hall–Kier alpha value is -2.09. The monoisotopic (exact) mass is 302 g/mol. The predicted octanol–water partition coefficient (Wildman–Crippen LogP) is 2.61. The van der Waals surface area contributed by atoms with Gasteiger partial charge in [0.15, 0.2) is 5.72 Å². The minimum atomic E-state index is -4.73. The van der Waals surface area contributed by atoms with E-state index in [0.29, 0.717) is 5.01 Å². The van der Waals surface area contributed by atoms with Gasteiger partial charge in [-0.1, -0.05) is 30.3 Å². The fourth-order valence-electron chi connectivity index (χ4n) is 2.01. The van der Waals surface area contributed by atoms with Crippen molar-refractivity contribution in [2.24, 2.45) is 5.10 Å². The highest BCUT2D eigenvalue weighted by Gasteiger charge is 2.53. The molecule has 0 saturated carbocycles. The Morgan fingerprint density at radius 2 is 2.05 bits per heavy atom. The van der Waals surface area contributed by atoms with Crippen molar-refractivity contribution in [3.63, 3.8) is 0 Å². The minimum Gasteiger partial charge on any atom is -0.448 e. The summed E-state index contributed by atoms with van der Waals surface area (Å²) in [6.45, 7) is 1.46. The molecule has 1 aliphatic rings. The molecule has 0 bridgehead atoms. The van der Waals surface area contributed by atoms with Crippen molar-refractivity contribution in [2.45, 2.75) is 25.2 Å². The number of aliphatic hydroxyl groups is 1. The maximum absolute atomic E-state index is 12.8. The van der Waals surface area contributed by atoms with Crippen LogP contribution in [0.25, 0.3) is 0 Å². The number of hydrogen-bond acceptors (Lipinski definition) is 4. The number of hydrazone groups is 1. The molecule has 0 radical (unpaired) electrons. The summed E-state index contributed by atoms with van der Waals surface area (Å²) < 4.78 is 43.1. The van der Waals surface area contributed by atoms with Gasteiger partial charge in [0.1, 0.15) is 5.71 Å². The summed E-state index contributed by atoms with van der Waals surface area (Å²) in [5.74, 6) is 0. The number of benzene rings is 1. The first kappa shape index (κ1) is 15.3. The van der Waals surface area contributed by atoms with Crippen molar-refractivity contribution in [3.05, 3.63) is 35.9 Å². The van der Waals surface area contributed by atoms with Crippen LogP contribution in [0.3, 0.4) is 0 Å². The fraction of sp³-hybridized carbons (Fsp3) is 0.385. The lowest BCUT2D eigenvalue weighted by Crippen LogP contribution is -2.44. The second-order valence-electron chi connectivity index (χ2n) is 4.41. The number of hydrogen-bond donors (Lipinski definition) is 1. The second-order valence-corrected chi connectivity index (χ2v) is 4.41. The molecule has 114 valence electrons. The second kappa shape index (κ2) is 5.36. The zero-order chi connectivity index (χ0) is 15.7. The molecule has 1 aromatic rings. The quantitative estimate of drug-likeness (QED) is 0.913. The third kappa shape index (κ3) is 2.85. The van der Waals surface area contributed by atoms with E-state index in [4.69, 9.17) is 0 Å². The average molecular weight is 302 g/mol. The van der Waals surface area contributed by atoms with Crippen LogP contribution in [0.4, 0.5) is 18.0 Å². The molecule has 1 aliphatic heterocycles. The van der Waals surface area contributed by atoms with Gasteiger partial charge in [0, 0.05) is 5.56 Å². The zero-order valence-electron chi connectivity index (χ0n) is 11.1. The molecule has 1 aromatic carbocycles. The zero-order valence-corrected chi connectivity index (χ0v) is 11.1. The molecule has 0 spiro atoms. The van der Waals surface area contributed by atoms with E-state index < -0.39 is 30.1 Å². The Labute approximate surface area is 118 Å². The molecular weight excluding hydrogens is 289 g/mol. The van der Waals surface area contributed by atoms with Gasteiger partial charge in [-0.3, -0.25) is 0 Å². The van der Waals surface area contributed by atoms with Crippen LogP contribution in [0.5, 0.6) is 0 Å². The molecule has 1 N–H and O–H groups in total. The van der Waals surface area contributed by atoms with Gasteiger partial charge in [-0.25, -0.2) is 4.79 Å². The van der Waals surface area contributed by atoms with Crippen LogP contribution in [-0.4, -0.2) is 34.7 Å². The van der Waals surface area contributed by atoms with Crippen LogP contribution in [0, 0.1) is 0 Å². The van der Waals surface area contributed by atoms with Crippen LogP contribution in [0.1, 0.15) is 18.9 Å². The maximum Gasteiger partial charge on any atom is 0.433 e. The lowest BCUT2D eigenvalue weighted by molar-refractivity contribution is -0.0889. The highest BCUT2D eigenvalue weighted by atomic mass is 19.4. The van der Waals surface area contributed by atoms with Crippen molar-refractivity contribution >= 4 is 11.8 Å². The van der Waals surface area contributed by atoms with Gasteiger partial charge < -0.3 is 9.84 Å². The standard InChI is InChI=1S/C13H13F3N2O3/c1-2-21-11(19)18-12(20,9-6-4-3-5-7-9)8-10(17-18)13(14,15)16/h3-7,20H,2,8H2,1H3. The van der Waals surface area contributed by atoms with E-state index in [1.807, 2.05) is 0 Å². The topological polar surface area (TPSA) is 62.1 Å². The fourth-order valence-corrected chi connectivity index (χ4v) is 2.01. The molecule has 0 saturated heterocycles. The summed E-state index contributed by atoms with van der Waals surface area (Å²) in [4.78, 5) is 11.8. The molecule has 1 amide bonds. The van der Waals surface area contributed by atoms with Crippen LogP contribution in [0.2, 0.25) is 0 Å². The Bertz CT molecular complexity index is 560. The molecule has 0 fully saturated rings. The van der Waals surface area contributed by atoms with Crippen molar-refractivity contribution < 1.29 is 27.8 Å². The largest absolute Gasteiger partial charge is 0.448 e. The van der Waals surface area contributed by atoms with Gasteiger partial charge in [-0.2, -0.15) is 23.3 Å². The molecule has 1 atom stereocenters. The molecule has 5 nitrogen and oxygen atoms in total. The van der Waals surface area contributed by atoms with Crippen LogP contribution >= 0.6 is 0 Å². The number of rotatable bonds is 2. The minimum absolute atomic E-state index is 0.0446. The van der Waals surface area contributed by atoms with Crippen LogP contribution in [-0.2, 0) is 10.5 Å². The number of carbonyl (C=O) groups is 1. The third-order valence-corrected chi connectivity index (χ3v) is 2.99. The summed E-state index contributed by atoms with van der Waals surface area (Å²) in [6, 6.07) is 7.56. The number of amides is 1. The Kier molecular flexibility index (Phi) is 3.91. The van der Waals surface area contributed by atoms with Crippen LogP contribution in [0.15, 0.2) is 35.4 Å². The maximum atomic E-state index is 12.8. The molecule has 2 rings (SSSR count). The van der Waals surface area contributed by atoms with Crippen molar-refractivity contribution in [1.82, 2.24) is 5.01 Å². The Balaban J connectivity index is 2.43. The first-order valence-electron chi connectivity index (χ1n) is 6.18. The summed E-state index contributed by atoms with van der Waals surface area (Å²) in [7, 11) is 0. The van der Waals surface area contributed by atoms with Gasteiger partial charge in [0.05, 0.1) is 13.0 Å². The molecule has 1 unspecified atom stereocenters. The molecule has 0 aliphatic carbocycles. The van der Waals surface area contributed by atoms with Crippen molar-refractivity contribution in [3.8, 4) is 0 Å². The average Bonchev–Trinajstić information content (AvgIpc) is 2.79. The van der Waals surface area contributed by atoms with Gasteiger partial charge in [-0.15, -0.1) is 0 Å². The van der Waals surface area contributed by atoms with E-state index in [2.05, 4.69) is 9.84 Å². The number of ether oxygens (including phenoxy) is 1. The van der Waals surface area contributed by atoms with Crippen molar-refractivity contribution in [1.29, 1.82) is 0 Å². The van der Waals surface area contributed by atoms with E-state index in [0.717, 1.165) is 0 Å². The molecule has 21 heavy (non-hydrogen) atoms. The van der Waals surface area contributed by atoms with Crippen molar-refractivity contribution in [2.75, 3.05) is 6.61 Å². The lowest BCUT2D eigenvalue weighted by atomic mass is 9.97. The van der Waals surface area contributed by atoms with E-state index in [-0.39, 0.29) is 12.2 Å². The molecule has 0 aromatic heterocycles. The normalized spacial score (nSPS) is 22.1. The predicted molar refractivity (Wildman–Crippen MR) is 67.3 cm³/mol. The van der Waals surface area contributed by atoms with E-state index in [1.54, 1.807) is 18.2 Å². The smallest absolute Gasteiger partial charge is 0.433 e. The van der Waals surface area contributed by atoms with Crippen LogP contribution < -0.4 is 0 Å². The van der Waals surface area contributed by atoms with Gasteiger partial charge in [0.25, 0.3) is 0 Å². The Morgan fingerprint density at radius 1 is 1.43 bits per heavy atom. The molecule has 1 heterocycles. The highest BCUT2D eigenvalue weighted by molar-refractivity contribution is 5.93. The lowest BCUT2D eigenvalue weighted by Gasteiger charge is -2.30. The van der Waals surface area contributed by atoms with E-state index in [1.165, 1.54) is 19.1 Å². The number of halogens is 3. The highest BCUT2D eigenvalue weighted by Crippen LogP contribution is 2.39. The SMILES string of the molecule is CCOC(=O)N1N=C(C(F)(F)F)CC1(O)c1ccccc1. The number of carbonyl (C=O) groups excluding carboxylic acids is 1. The van der Waals surface area contributed by atoms with E-state index in [9.17, 15) is 23.1 Å². The third-order valence-electron chi connectivity index (χ3n) is 2.99. The summed E-state index contributed by atoms with van der Waals surface area (Å²) in [5, 5.41) is 14.1. The van der Waals surface area contributed by atoms with Gasteiger partial charge in [-0.05, 0) is 6.92 Å².